The summed E-state index contributed by atoms with van der Waals surface area (Å²) in [7, 11) is 0. The first-order valence-electron chi connectivity index (χ1n) is 5.15. The Kier molecular flexibility index (Phi) is 8.24. The monoisotopic (exact) mass is 200 g/mol. The van der Waals surface area contributed by atoms with Gasteiger partial charge in [-0.2, -0.15) is 0 Å². The van der Waals surface area contributed by atoms with Crippen LogP contribution < -0.4 is 0 Å². The van der Waals surface area contributed by atoms with Crippen LogP contribution in [0.4, 0.5) is 0 Å². The number of carbonyl (C=O) groups excluding carboxylic acids is 1. The van der Waals surface area contributed by atoms with Gasteiger partial charge in [0.1, 0.15) is 0 Å². The van der Waals surface area contributed by atoms with Gasteiger partial charge in [-0.3, -0.25) is 0 Å². The third-order valence-electron chi connectivity index (χ3n) is 1.85. The number of hydrogen-bond acceptors (Lipinski definition) is 3. The first kappa shape index (κ1) is 13.2. The second-order valence-corrected chi connectivity index (χ2v) is 3.10. The summed E-state index contributed by atoms with van der Waals surface area (Å²) < 4.78 is 9.71. The van der Waals surface area contributed by atoms with Gasteiger partial charge in [0.25, 0.3) is 0 Å². The zero-order valence-corrected chi connectivity index (χ0v) is 9.17. The van der Waals surface area contributed by atoms with E-state index in [9.17, 15) is 4.79 Å². The van der Waals surface area contributed by atoms with E-state index in [1.165, 1.54) is 0 Å². The Balaban J connectivity index is 3.50. The van der Waals surface area contributed by atoms with E-state index in [2.05, 4.69) is 13.5 Å². The van der Waals surface area contributed by atoms with Gasteiger partial charge < -0.3 is 9.47 Å². The number of ether oxygens (including phenoxy) is 2. The van der Waals surface area contributed by atoms with E-state index in [0.29, 0.717) is 12.2 Å². The van der Waals surface area contributed by atoms with Crippen molar-refractivity contribution in [3.63, 3.8) is 0 Å². The highest BCUT2D eigenvalue weighted by Gasteiger charge is 2.07. The molecular weight excluding hydrogens is 180 g/mol. The minimum atomic E-state index is -0.338. The van der Waals surface area contributed by atoms with Crippen LogP contribution >= 0.6 is 0 Å². The Labute approximate surface area is 86.1 Å². The van der Waals surface area contributed by atoms with Crippen molar-refractivity contribution in [1.82, 2.24) is 0 Å². The van der Waals surface area contributed by atoms with Gasteiger partial charge in [-0.25, -0.2) is 4.79 Å². The van der Waals surface area contributed by atoms with Gasteiger partial charge in [-0.1, -0.05) is 26.3 Å². The Morgan fingerprint density at radius 3 is 2.57 bits per heavy atom. The lowest BCUT2D eigenvalue weighted by atomic mass is 10.1. The summed E-state index contributed by atoms with van der Waals surface area (Å²) in [5, 5.41) is 0. The van der Waals surface area contributed by atoms with Gasteiger partial charge in [0, 0.05) is 12.2 Å². The summed E-state index contributed by atoms with van der Waals surface area (Å²) in [5.41, 5.74) is 0.540. The van der Waals surface area contributed by atoms with E-state index in [1.807, 2.05) is 6.92 Å². The molecule has 0 N–H and O–H groups in total. The molecule has 0 radical (unpaired) electrons. The maximum atomic E-state index is 11.2. The van der Waals surface area contributed by atoms with E-state index in [4.69, 9.17) is 9.47 Å². The quantitative estimate of drug-likeness (QED) is 0.261. The molecule has 0 bridgehead atoms. The van der Waals surface area contributed by atoms with Crippen LogP contribution in [-0.4, -0.2) is 19.4 Å². The Bertz CT molecular complexity index is 155. The molecule has 14 heavy (non-hydrogen) atoms. The minimum Gasteiger partial charge on any atom is -0.435 e. The van der Waals surface area contributed by atoms with Gasteiger partial charge >= 0.3 is 5.97 Å². The summed E-state index contributed by atoms with van der Waals surface area (Å²) in [4.78, 5) is 11.2. The summed E-state index contributed by atoms with van der Waals surface area (Å²) in [6.07, 6.45) is 3.98. The highest BCUT2D eigenvalue weighted by atomic mass is 16.7. The summed E-state index contributed by atoms with van der Waals surface area (Å²) in [5.74, 6) is -0.338. The van der Waals surface area contributed by atoms with Gasteiger partial charge in [0.05, 0.1) is 0 Å². The number of rotatable bonds is 8. The second kappa shape index (κ2) is 8.75. The minimum absolute atomic E-state index is 0.0299. The topological polar surface area (TPSA) is 35.5 Å². The number of unbranched alkanes of at least 4 members (excludes halogenated alkanes) is 2. The number of hydrogen-bond donors (Lipinski definition) is 0. The predicted octanol–water partition coefficient (Wildman–Crippen LogP) is 2.66. The zero-order chi connectivity index (χ0) is 10.8. The molecule has 0 atom stereocenters. The summed E-state index contributed by atoms with van der Waals surface area (Å²) in [6.45, 7) is 8.23. The maximum Gasteiger partial charge on any atom is 0.335 e. The van der Waals surface area contributed by atoms with Crippen LogP contribution in [0.15, 0.2) is 12.2 Å². The normalized spacial score (nSPS) is 9.86. The molecule has 0 saturated heterocycles. The third kappa shape index (κ3) is 6.66. The highest BCUT2D eigenvalue weighted by Crippen LogP contribution is 2.08. The van der Waals surface area contributed by atoms with Gasteiger partial charge in [0.2, 0.25) is 0 Å². The Morgan fingerprint density at radius 1 is 1.29 bits per heavy atom. The van der Waals surface area contributed by atoms with Crippen LogP contribution in [0, 0.1) is 0 Å². The van der Waals surface area contributed by atoms with Crippen molar-refractivity contribution in [2.45, 2.75) is 39.5 Å². The van der Waals surface area contributed by atoms with E-state index in [0.717, 1.165) is 25.7 Å². The standard InChI is InChI=1S/C11H20O3/c1-4-6-7-8-10(3)11(12)14-9-13-5-2/h3-9H2,1-2H3. The lowest BCUT2D eigenvalue weighted by molar-refractivity contribution is -0.151. The fourth-order valence-electron chi connectivity index (χ4n) is 0.971. The molecule has 0 unspecified atom stereocenters. The Morgan fingerprint density at radius 2 is 2.00 bits per heavy atom. The molecule has 0 fully saturated rings. The van der Waals surface area contributed by atoms with E-state index < -0.39 is 0 Å². The van der Waals surface area contributed by atoms with Crippen LogP contribution in [0.25, 0.3) is 0 Å². The van der Waals surface area contributed by atoms with Gasteiger partial charge in [-0.05, 0) is 19.8 Å². The average Bonchev–Trinajstić information content (AvgIpc) is 2.18. The largest absolute Gasteiger partial charge is 0.435 e. The molecule has 0 aromatic heterocycles. The molecule has 0 aliphatic heterocycles. The van der Waals surface area contributed by atoms with Crippen LogP contribution in [-0.2, 0) is 14.3 Å². The van der Waals surface area contributed by atoms with Crippen molar-refractivity contribution >= 4 is 5.97 Å². The van der Waals surface area contributed by atoms with Crippen molar-refractivity contribution in [1.29, 1.82) is 0 Å². The number of esters is 1. The van der Waals surface area contributed by atoms with Gasteiger partial charge in [-0.15, -0.1) is 0 Å². The molecule has 0 aromatic carbocycles. The van der Waals surface area contributed by atoms with E-state index >= 15 is 0 Å². The van der Waals surface area contributed by atoms with Crippen molar-refractivity contribution in [3.05, 3.63) is 12.2 Å². The fraction of sp³-hybridized carbons (Fsp3) is 0.727. The first-order valence-corrected chi connectivity index (χ1v) is 5.15. The molecule has 0 heterocycles. The maximum absolute atomic E-state index is 11.2. The average molecular weight is 200 g/mol. The van der Waals surface area contributed by atoms with Crippen LogP contribution in [0.1, 0.15) is 39.5 Å². The molecule has 3 heteroatoms. The first-order chi connectivity index (χ1) is 6.72. The molecule has 3 nitrogen and oxygen atoms in total. The van der Waals surface area contributed by atoms with Crippen molar-refractivity contribution in [2.24, 2.45) is 0 Å². The molecule has 0 aliphatic carbocycles. The van der Waals surface area contributed by atoms with Crippen molar-refractivity contribution in [2.75, 3.05) is 13.4 Å². The van der Waals surface area contributed by atoms with E-state index in [1.54, 1.807) is 0 Å². The molecule has 0 rings (SSSR count). The lowest BCUT2D eigenvalue weighted by Gasteiger charge is -2.06. The molecule has 0 amide bonds. The lowest BCUT2D eigenvalue weighted by Crippen LogP contribution is -2.10. The molecule has 0 aliphatic rings. The predicted molar refractivity (Wildman–Crippen MR) is 55.9 cm³/mol. The molecule has 0 saturated carbocycles. The van der Waals surface area contributed by atoms with Crippen molar-refractivity contribution < 1.29 is 14.3 Å². The van der Waals surface area contributed by atoms with Crippen LogP contribution in [0.2, 0.25) is 0 Å². The second-order valence-electron chi connectivity index (χ2n) is 3.10. The smallest absolute Gasteiger partial charge is 0.335 e. The molecule has 0 spiro atoms. The zero-order valence-electron chi connectivity index (χ0n) is 9.17. The van der Waals surface area contributed by atoms with Crippen molar-refractivity contribution in [3.8, 4) is 0 Å². The highest BCUT2D eigenvalue weighted by molar-refractivity contribution is 5.87. The van der Waals surface area contributed by atoms with E-state index in [-0.39, 0.29) is 12.8 Å². The van der Waals surface area contributed by atoms with Crippen LogP contribution in [0.5, 0.6) is 0 Å². The molecule has 82 valence electrons. The molecule has 0 aromatic rings. The van der Waals surface area contributed by atoms with Gasteiger partial charge in [0.15, 0.2) is 6.79 Å². The van der Waals surface area contributed by atoms with Crippen LogP contribution in [0.3, 0.4) is 0 Å². The molecular formula is C11H20O3. The summed E-state index contributed by atoms with van der Waals surface area (Å²) in [6, 6.07) is 0. The third-order valence-corrected chi connectivity index (χ3v) is 1.85. The number of carbonyl (C=O) groups is 1. The fourth-order valence-corrected chi connectivity index (χ4v) is 0.971. The SMILES string of the molecule is C=C(CCCCC)C(=O)OCOCC. The summed E-state index contributed by atoms with van der Waals surface area (Å²) >= 11 is 0. The Hall–Kier alpha value is -0.830.